The fraction of sp³-hybridized carbons (Fsp3) is 0.312. The lowest BCUT2D eigenvalue weighted by atomic mass is 9.95. The number of allylic oxidation sites excluding steroid dienone is 1. The van der Waals surface area contributed by atoms with Gasteiger partial charge >= 0.3 is 5.97 Å². The third kappa shape index (κ3) is 2.69. The number of benzene rings is 1. The Balaban J connectivity index is 2.15. The Labute approximate surface area is 133 Å². The molecule has 120 valence electrons. The number of fused-ring (bicyclic) bond motifs is 1. The number of ether oxygens (including phenoxy) is 1. The minimum atomic E-state index is -0.721. The second-order valence-electron chi connectivity index (χ2n) is 5.57. The van der Waals surface area contributed by atoms with Gasteiger partial charge in [-0.25, -0.2) is 13.9 Å². The number of anilines is 1. The van der Waals surface area contributed by atoms with E-state index in [4.69, 9.17) is 4.74 Å². The highest BCUT2D eigenvalue weighted by atomic mass is 19.1. The molecule has 1 N–H and O–H groups in total. The van der Waals surface area contributed by atoms with Crippen LogP contribution in [0.3, 0.4) is 0 Å². The lowest BCUT2D eigenvalue weighted by molar-refractivity contribution is -0.143. The summed E-state index contributed by atoms with van der Waals surface area (Å²) in [6.07, 6.45) is 1.08. The molecule has 2 heterocycles. The Bertz CT molecular complexity index is 782. The first kappa shape index (κ1) is 15.2. The zero-order valence-electron chi connectivity index (χ0n) is 13.1. The second kappa shape index (κ2) is 5.83. The topological polar surface area (TPSA) is 69.0 Å². The average Bonchev–Trinajstić information content (AvgIpc) is 2.93. The summed E-state index contributed by atoms with van der Waals surface area (Å²) in [5, 5.41) is 7.15. The third-order valence-corrected chi connectivity index (χ3v) is 3.56. The molecule has 1 aliphatic rings. The molecular formula is C16H17FN4O2. The summed E-state index contributed by atoms with van der Waals surface area (Å²) in [4.78, 5) is 16.6. The van der Waals surface area contributed by atoms with Crippen LogP contribution in [0, 0.1) is 5.82 Å². The van der Waals surface area contributed by atoms with Crippen molar-refractivity contribution >= 4 is 11.9 Å². The first-order valence-corrected chi connectivity index (χ1v) is 7.31. The van der Waals surface area contributed by atoms with Gasteiger partial charge in [0.15, 0.2) is 0 Å². The molecule has 1 aromatic carbocycles. The third-order valence-electron chi connectivity index (χ3n) is 3.56. The lowest BCUT2D eigenvalue weighted by Gasteiger charge is -2.28. The number of carbonyl (C=O) groups is 1. The summed E-state index contributed by atoms with van der Waals surface area (Å²) in [6, 6.07) is 5.59. The van der Waals surface area contributed by atoms with Crippen LogP contribution in [0.2, 0.25) is 0 Å². The van der Waals surface area contributed by atoms with E-state index in [1.54, 1.807) is 39.0 Å². The molecule has 23 heavy (non-hydrogen) atoms. The SMILES string of the molecule is CC1=C(C(=O)OC(C)C)C(c2ccccc2F)n2ncnc2N1. The van der Waals surface area contributed by atoms with Crippen LogP contribution in [0.4, 0.5) is 10.3 Å². The standard InChI is InChI=1S/C16H17FN4O2/c1-9(2)23-15(22)13-10(3)20-16-18-8-19-21(16)14(13)11-6-4-5-7-12(11)17/h4-9,14H,1-3H3,(H,18,19,20). The molecule has 3 rings (SSSR count). The maximum Gasteiger partial charge on any atom is 0.338 e. The molecule has 1 aliphatic heterocycles. The lowest BCUT2D eigenvalue weighted by Crippen LogP contribution is -2.31. The fourth-order valence-electron chi connectivity index (χ4n) is 2.62. The number of nitrogens with one attached hydrogen (secondary N) is 1. The van der Waals surface area contributed by atoms with Gasteiger partial charge < -0.3 is 10.1 Å². The summed E-state index contributed by atoms with van der Waals surface area (Å²) < 4.78 is 21.2. The van der Waals surface area contributed by atoms with Crippen LogP contribution in [-0.2, 0) is 9.53 Å². The van der Waals surface area contributed by atoms with Crippen molar-refractivity contribution in [3.05, 3.63) is 53.2 Å². The Morgan fingerprint density at radius 1 is 1.39 bits per heavy atom. The fourth-order valence-corrected chi connectivity index (χ4v) is 2.62. The van der Waals surface area contributed by atoms with Crippen LogP contribution in [0.15, 0.2) is 41.9 Å². The summed E-state index contributed by atoms with van der Waals surface area (Å²) in [5.41, 5.74) is 1.24. The summed E-state index contributed by atoms with van der Waals surface area (Å²) >= 11 is 0. The highest BCUT2D eigenvalue weighted by Crippen LogP contribution is 2.36. The smallest absolute Gasteiger partial charge is 0.338 e. The van der Waals surface area contributed by atoms with E-state index in [9.17, 15) is 9.18 Å². The minimum absolute atomic E-state index is 0.277. The second-order valence-corrected chi connectivity index (χ2v) is 5.57. The van der Waals surface area contributed by atoms with E-state index in [0.29, 0.717) is 22.8 Å². The van der Waals surface area contributed by atoms with Gasteiger partial charge in [-0.1, -0.05) is 18.2 Å². The van der Waals surface area contributed by atoms with Crippen LogP contribution < -0.4 is 5.32 Å². The molecule has 7 heteroatoms. The molecule has 0 bridgehead atoms. The van der Waals surface area contributed by atoms with Gasteiger partial charge in [0, 0.05) is 11.3 Å². The van der Waals surface area contributed by atoms with Crippen molar-refractivity contribution < 1.29 is 13.9 Å². The molecular weight excluding hydrogens is 299 g/mol. The van der Waals surface area contributed by atoms with Crippen molar-refractivity contribution in [1.82, 2.24) is 14.8 Å². The number of nitrogens with zero attached hydrogens (tertiary/aromatic N) is 3. The Kier molecular flexibility index (Phi) is 3.85. The van der Waals surface area contributed by atoms with Crippen molar-refractivity contribution in [2.75, 3.05) is 5.32 Å². The van der Waals surface area contributed by atoms with E-state index < -0.39 is 17.8 Å². The molecule has 1 aromatic heterocycles. The zero-order valence-corrected chi connectivity index (χ0v) is 13.1. The van der Waals surface area contributed by atoms with Gasteiger partial charge in [-0.15, -0.1) is 0 Å². The summed E-state index contributed by atoms with van der Waals surface area (Å²) in [5.74, 6) is -0.459. The number of halogens is 1. The first-order valence-electron chi connectivity index (χ1n) is 7.31. The largest absolute Gasteiger partial charge is 0.459 e. The van der Waals surface area contributed by atoms with Crippen LogP contribution in [0.25, 0.3) is 0 Å². The number of hydrogen-bond acceptors (Lipinski definition) is 5. The first-order chi connectivity index (χ1) is 11.0. The van der Waals surface area contributed by atoms with E-state index in [1.165, 1.54) is 17.1 Å². The van der Waals surface area contributed by atoms with Crippen LogP contribution >= 0.6 is 0 Å². The van der Waals surface area contributed by atoms with Gasteiger partial charge in [-0.05, 0) is 26.8 Å². The minimum Gasteiger partial charge on any atom is -0.459 e. The van der Waals surface area contributed by atoms with E-state index in [-0.39, 0.29) is 6.10 Å². The molecule has 0 fully saturated rings. The highest BCUT2D eigenvalue weighted by molar-refractivity contribution is 5.92. The monoisotopic (exact) mass is 316 g/mol. The molecule has 0 saturated heterocycles. The van der Waals surface area contributed by atoms with Gasteiger partial charge in [0.1, 0.15) is 18.2 Å². The molecule has 2 aromatic rings. The molecule has 0 spiro atoms. The van der Waals surface area contributed by atoms with E-state index in [1.807, 2.05) is 0 Å². The van der Waals surface area contributed by atoms with Crippen molar-refractivity contribution in [3.63, 3.8) is 0 Å². The zero-order chi connectivity index (χ0) is 16.6. The van der Waals surface area contributed by atoms with Gasteiger partial charge in [0.05, 0.1) is 11.7 Å². The van der Waals surface area contributed by atoms with Crippen LogP contribution in [0.5, 0.6) is 0 Å². The van der Waals surface area contributed by atoms with Crippen molar-refractivity contribution in [2.24, 2.45) is 0 Å². The molecule has 0 saturated carbocycles. The predicted octanol–water partition coefficient (Wildman–Crippen LogP) is 2.66. The number of hydrogen-bond donors (Lipinski definition) is 1. The van der Waals surface area contributed by atoms with Gasteiger partial charge in [-0.3, -0.25) is 0 Å². The molecule has 0 aliphatic carbocycles. The maximum absolute atomic E-state index is 14.3. The molecule has 1 atom stereocenters. The molecule has 0 radical (unpaired) electrons. The van der Waals surface area contributed by atoms with Gasteiger partial charge in [-0.2, -0.15) is 10.1 Å². The normalized spacial score (nSPS) is 17.0. The van der Waals surface area contributed by atoms with Gasteiger partial charge in [0.2, 0.25) is 5.95 Å². The van der Waals surface area contributed by atoms with Crippen LogP contribution in [-0.4, -0.2) is 26.8 Å². The molecule has 6 nitrogen and oxygen atoms in total. The summed E-state index contributed by atoms with van der Waals surface area (Å²) in [6.45, 7) is 5.27. The Morgan fingerprint density at radius 3 is 2.83 bits per heavy atom. The molecule has 0 amide bonds. The van der Waals surface area contributed by atoms with E-state index >= 15 is 0 Å². The number of rotatable bonds is 3. The number of esters is 1. The van der Waals surface area contributed by atoms with E-state index in [2.05, 4.69) is 15.4 Å². The highest BCUT2D eigenvalue weighted by Gasteiger charge is 2.35. The van der Waals surface area contributed by atoms with Crippen molar-refractivity contribution in [3.8, 4) is 0 Å². The van der Waals surface area contributed by atoms with E-state index in [0.717, 1.165) is 0 Å². The van der Waals surface area contributed by atoms with Crippen molar-refractivity contribution in [2.45, 2.75) is 32.9 Å². The van der Waals surface area contributed by atoms with Crippen molar-refractivity contribution in [1.29, 1.82) is 0 Å². The van der Waals surface area contributed by atoms with Gasteiger partial charge in [0.25, 0.3) is 0 Å². The quantitative estimate of drug-likeness (QED) is 0.882. The predicted molar refractivity (Wildman–Crippen MR) is 82.1 cm³/mol. The molecule has 1 unspecified atom stereocenters. The number of carbonyl (C=O) groups excluding carboxylic acids is 1. The maximum atomic E-state index is 14.3. The number of aromatic nitrogens is 3. The Hall–Kier alpha value is -2.70. The van der Waals surface area contributed by atoms with Crippen LogP contribution in [0.1, 0.15) is 32.4 Å². The summed E-state index contributed by atoms with van der Waals surface area (Å²) in [7, 11) is 0. The Morgan fingerprint density at radius 2 is 2.13 bits per heavy atom. The average molecular weight is 316 g/mol.